The van der Waals surface area contributed by atoms with E-state index in [4.69, 9.17) is 5.73 Å². The van der Waals surface area contributed by atoms with Gasteiger partial charge >= 0.3 is 0 Å². The number of carbonyl (C=O) groups excluding carboxylic acids is 1. The van der Waals surface area contributed by atoms with Crippen molar-refractivity contribution in [3.63, 3.8) is 0 Å². The third-order valence-electron chi connectivity index (χ3n) is 2.36. The summed E-state index contributed by atoms with van der Waals surface area (Å²) in [4.78, 5) is 11.6. The summed E-state index contributed by atoms with van der Waals surface area (Å²) in [6, 6.07) is 4.89. The summed E-state index contributed by atoms with van der Waals surface area (Å²) in [5.41, 5.74) is 5.85. The van der Waals surface area contributed by atoms with Crippen LogP contribution < -0.4 is 11.1 Å². The van der Waals surface area contributed by atoms with E-state index in [1.807, 2.05) is 0 Å². The average molecular weight is 271 g/mol. The maximum atomic E-state index is 11.6. The van der Waals surface area contributed by atoms with Gasteiger partial charge in [-0.3, -0.25) is 4.79 Å². The molecule has 4 nitrogen and oxygen atoms in total. The smallest absolute Gasteiger partial charge is 0.255 e. The highest BCUT2D eigenvalue weighted by atomic mass is 79.9. The SMILES string of the molecule is NC1CC1NC(=O)c1ccc(Br)cc1O. The standard InChI is InChI=1S/C10H11BrN2O2/c11-5-1-2-6(9(14)3-5)10(15)13-8-4-7(8)12/h1-3,7-8,14H,4,12H2,(H,13,15). The number of phenolic OH excluding ortho intramolecular Hbond substituents is 1. The van der Waals surface area contributed by atoms with Crippen LogP contribution in [0.1, 0.15) is 16.8 Å². The zero-order valence-corrected chi connectivity index (χ0v) is 9.49. The fourth-order valence-electron chi connectivity index (χ4n) is 1.32. The van der Waals surface area contributed by atoms with E-state index < -0.39 is 0 Å². The summed E-state index contributed by atoms with van der Waals surface area (Å²) in [5, 5.41) is 12.3. The fourth-order valence-corrected chi connectivity index (χ4v) is 1.67. The van der Waals surface area contributed by atoms with Gasteiger partial charge in [-0.25, -0.2) is 0 Å². The van der Waals surface area contributed by atoms with Crippen LogP contribution in [0.3, 0.4) is 0 Å². The Hall–Kier alpha value is -1.07. The lowest BCUT2D eigenvalue weighted by atomic mass is 10.2. The predicted octanol–water partition coefficient (Wildman–Crippen LogP) is 0.984. The van der Waals surface area contributed by atoms with Crippen LogP contribution in [0.4, 0.5) is 0 Å². The second kappa shape index (κ2) is 3.83. The number of nitrogens with two attached hydrogens (primary N) is 1. The number of hydrogen-bond donors (Lipinski definition) is 3. The number of phenols is 1. The van der Waals surface area contributed by atoms with Crippen LogP contribution >= 0.6 is 15.9 Å². The zero-order chi connectivity index (χ0) is 11.0. The van der Waals surface area contributed by atoms with Crippen LogP contribution in [-0.2, 0) is 0 Å². The third kappa shape index (κ3) is 2.30. The number of aromatic hydroxyl groups is 1. The van der Waals surface area contributed by atoms with Gasteiger partial charge in [-0.05, 0) is 24.6 Å². The highest BCUT2D eigenvalue weighted by molar-refractivity contribution is 9.10. The molecule has 0 radical (unpaired) electrons. The van der Waals surface area contributed by atoms with Crippen molar-refractivity contribution in [2.45, 2.75) is 18.5 Å². The molecule has 0 bridgehead atoms. The van der Waals surface area contributed by atoms with Crippen LogP contribution in [0.2, 0.25) is 0 Å². The first kappa shape index (κ1) is 10.4. The average Bonchev–Trinajstić information content (AvgIpc) is 2.81. The van der Waals surface area contributed by atoms with Gasteiger partial charge in [0.05, 0.1) is 5.56 Å². The molecule has 2 atom stereocenters. The maximum absolute atomic E-state index is 11.6. The fraction of sp³-hybridized carbons (Fsp3) is 0.300. The summed E-state index contributed by atoms with van der Waals surface area (Å²) >= 11 is 3.21. The van der Waals surface area contributed by atoms with Crippen molar-refractivity contribution < 1.29 is 9.90 Å². The normalized spacial score (nSPS) is 23.6. The van der Waals surface area contributed by atoms with Crippen LogP contribution in [0.25, 0.3) is 0 Å². The van der Waals surface area contributed by atoms with E-state index in [0.717, 1.165) is 10.9 Å². The lowest BCUT2D eigenvalue weighted by Crippen LogP contribution is -2.29. The Morgan fingerprint density at radius 1 is 1.60 bits per heavy atom. The molecule has 2 unspecified atom stereocenters. The molecule has 2 rings (SSSR count). The molecule has 0 aliphatic heterocycles. The van der Waals surface area contributed by atoms with E-state index in [9.17, 15) is 9.90 Å². The molecule has 0 saturated heterocycles. The van der Waals surface area contributed by atoms with E-state index in [-0.39, 0.29) is 29.3 Å². The summed E-state index contributed by atoms with van der Waals surface area (Å²) in [6.07, 6.45) is 0.809. The molecule has 15 heavy (non-hydrogen) atoms. The topological polar surface area (TPSA) is 75.3 Å². The van der Waals surface area contributed by atoms with Crippen molar-refractivity contribution in [1.29, 1.82) is 0 Å². The number of rotatable bonds is 2. The van der Waals surface area contributed by atoms with Gasteiger partial charge in [0.15, 0.2) is 0 Å². The number of halogens is 1. The van der Waals surface area contributed by atoms with Crippen molar-refractivity contribution >= 4 is 21.8 Å². The number of nitrogens with one attached hydrogen (secondary N) is 1. The molecule has 80 valence electrons. The van der Waals surface area contributed by atoms with Crippen LogP contribution in [0.15, 0.2) is 22.7 Å². The van der Waals surface area contributed by atoms with Gasteiger partial charge in [-0.15, -0.1) is 0 Å². The minimum Gasteiger partial charge on any atom is -0.507 e. The molecule has 1 fully saturated rings. The van der Waals surface area contributed by atoms with E-state index in [2.05, 4.69) is 21.2 Å². The molecule has 1 aliphatic rings. The van der Waals surface area contributed by atoms with Crippen molar-refractivity contribution in [2.24, 2.45) is 5.73 Å². The van der Waals surface area contributed by atoms with Gasteiger partial charge in [0.1, 0.15) is 5.75 Å². The van der Waals surface area contributed by atoms with E-state index in [0.29, 0.717) is 0 Å². The van der Waals surface area contributed by atoms with Crippen molar-refractivity contribution in [3.05, 3.63) is 28.2 Å². The molecule has 0 spiro atoms. The first-order valence-electron chi connectivity index (χ1n) is 4.63. The van der Waals surface area contributed by atoms with Crippen LogP contribution in [-0.4, -0.2) is 23.1 Å². The minimum absolute atomic E-state index is 0.0314. The molecule has 1 saturated carbocycles. The lowest BCUT2D eigenvalue weighted by molar-refractivity contribution is 0.0947. The predicted molar refractivity (Wildman–Crippen MR) is 59.7 cm³/mol. The van der Waals surface area contributed by atoms with Gasteiger partial charge in [0.2, 0.25) is 0 Å². The molecular formula is C10H11BrN2O2. The van der Waals surface area contributed by atoms with Crippen molar-refractivity contribution in [1.82, 2.24) is 5.32 Å². The maximum Gasteiger partial charge on any atom is 0.255 e. The summed E-state index contributed by atoms with van der Waals surface area (Å²) in [6.45, 7) is 0. The Morgan fingerprint density at radius 3 is 2.80 bits per heavy atom. The lowest BCUT2D eigenvalue weighted by Gasteiger charge is -2.05. The number of benzene rings is 1. The minimum atomic E-state index is -0.280. The molecule has 1 aromatic carbocycles. The Bertz CT molecular complexity index is 408. The van der Waals surface area contributed by atoms with Gasteiger partial charge in [0.25, 0.3) is 5.91 Å². The number of amides is 1. The second-order valence-corrected chi connectivity index (χ2v) is 4.56. The Kier molecular flexibility index (Phi) is 2.67. The number of hydrogen-bond acceptors (Lipinski definition) is 3. The molecular weight excluding hydrogens is 260 g/mol. The Morgan fingerprint density at radius 2 is 2.27 bits per heavy atom. The summed E-state index contributed by atoms with van der Waals surface area (Å²) in [5.74, 6) is -0.311. The molecule has 4 N–H and O–H groups in total. The molecule has 1 aliphatic carbocycles. The first-order chi connectivity index (χ1) is 7.08. The molecule has 5 heteroatoms. The number of carbonyl (C=O) groups is 1. The van der Waals surface area contributed by atoms with Gasteiger partial charge < -0.3 is 16.2 Å². The molecule has 1 amide bonds. The van der Waals surface area contributed by atoms with Crippen LogP contribution in [0, 0.1) is 0 Å². The quantitative estimate of drug-likeness (QED) is 0.750. The Labute approximate surface area is 95.6 Å². The Balaban J connectivity index is 2.11. The van der Waals surface area contributed by atoms with Gasteiger partial charge in [0, 0.05) is 16.6 Å². The third-order valence-corrected chi connectivity index (χ3v) is 2.85. The monoisotopic (exact) mass is 270 g/mol. The molecule has 0 aromatic heterocycles. The highest BCUT2D eigenvalue weighted by Crippen LogP contribution is 2.24. The second-order valence-electron chi connectivity index (χ2n) is 3.64. The van der Waals surface area contributed by atoms with Crippen LogP contribution in [0.5, 0.6) is 5.75 Å². The highest BCUT2D eigenvalue weighted by Gasteiger charge is 2.35. The van der Waals surface area contributed by atoms with Gasteiger partial charge in [-0.1, -0.05) is 15.9 Å². The van der Waals surface area contributed by atoms with Crippen molar-refractivity contribution in [2.75, 3.05) is 0 Å². The largest absolute Gasteiger partial charge is 0.507 e. The summed E-state index contributed by atoms with van der Waals surface area (Å²) < 4.78 is 0.736. The van der Waals surface area contributed by atoms with Crippen molar-refractivity contribution in [3.8, 4) is 5.75 Å². The van der Waals surface area contributed by atoms with E-state index in [1.165, 1.54) is 6.07 Å². The van der Waals surface area contributed by atoms with E-state index in [1.54, 1.807) is 12.1 Å². The first-order valence-corrected chi connectivity index (χ1v) is 5.42. The summed E-state index contributed by atoms with van der Waals surface area (Å²) in [7, 11) is 0. The van der Waals surface area contributed by atoms with E-state index >= 15 is 0 Å². The van der Waals surface area contributed by atoms with Gasteiger partial charge in [-0.2, -0.15) is 0 Å². The zero-order valence-electron chi connectivity index (χ0n) is 7.90. The molecule has 1 aromatic rings. The molecule has 0 heterocycles.